The van der Waals surface area contributed by atoms with E-state index in [0.717, 1.165) is 15.7 Å². The molecule has 0 radical (unpaired) electrons. The van der Waals surface area contributed by atoms with Crippen LogP contribution in [0.1, 0.15) is 11.1 Å². The lowest BCUT2D eigenvalue weighted by atomic mass is 10.2. The summed E-state index contributed by atoms with van der Waals surface area (Å²) >= 11 is 3.27. The van der Waals surface area contributed by atoms with E-state index in [2.05, 4.69) is 26.1 Å². The van der Waals surface area contributed by atoms with Gasteiger partial charge in [0.1, 0.15) is 4.60 Å². The standard InChI is InChI=1S/C6H7BrN2/c1-4-3-8-9-6(7)5(4)2/h3H,1-2H3. The van der Waals surface area contributed by atoms with Gasteiger partial charge in [-0.3, -0.25) is 0 Å². The quantitative estimate of drug-likeness (QED) is 0.619. The molecule has 1 aromatic rings. The molecule has 0 spiro atoms. The molecule has 1 heterocycles. The number of aryl methyl sites for hydroxylation is 1. The van der Waals surface area contributed by atoms with Gasteiger partial charge in [-0.25, -0.2) is 0 Å². The van der Waals surface area contributed by atoms with Crippen molar-refractivity contribution < 1.29 is 0 Å². The Hall–Kier alpha value is -0.440. The third kappa shape index (κ3) is 1.27. The summed E-state index contributed by atoms with van der Waals surface area (Å²) in [6.45, 7) is 4.02. The average molecular weight is 187 g/mol. The molecule has 1 rings (SSSR count). The Bertz CT molecular complexity index is 202. The minimum absolute atomic E-state index is 0.836. The van der Waals surface area contributed by atoms with Gasteiger partial charge in [-0.15, -0.1) is 5.10 Å². The summed E-state index contributed by atoms with van der Waals surface area (Å²) in [6.07, 6.45) is 1.75. The Morgan fingerprint density at radius 1 is 1.44 bits per heavy atom. The molecule has 0 aliphatic rings. The summed E-state index contributed by atoms with van der Waals surface area (Å²) in [7, 11) is 0. The molecular weight excluding hydrogens is 180 g/mol. The second kappa shape index (κ2) is 2.43. The van der Waals surface area contributed by atoms with E-state index in [9.17, 15) is 0 Å². The molecule has 0 amide bonds. The summed E-state index contributed by atoms with van der Waals surface area (Å²) in [6, 6.07) is 0. The normalized spacial score (nSPS) is 9.67. The van der Waals surface area contributed by atoms with Crippen LogP contribution in [0.2, 0.25) is 0 Å². The van der Waals surface area contributed by atoms with Crippen molar-refractivity contribution in [2.45, 2.75) is 13.8 Å². The molecule has 0 bridgehead atoms. The molecular formula is C6H7BrN2. The Balaban J connectivity index is 3.25. The minimum Gasteiger partial charge on any atom is -0.158 e. The molecule has 0 unspecified atom stereocenters. The second-order valence-corrected chi connectivity index (χ2v) is 2.69. The fourth-order valence-electron chi connectivity index (χ4n) is 0.501. The number of hydrogen-bond donors (Lipinski definition) is 0. The lowest BCUT2D eigenvalue weighted by molar-refractivity contribution is 0.968. The molecule has 1 aromatic heterocycles. The first kappa shape index (κ1) is 6.68. The first-order valence-electron chi connectivity index (χ1n) is 2.66. The van der Waals surface area contributed by atoms with Crippen LogP contribution in [0.15, 0.2) is 10.8 Å². The lowest BCUT2D eigenvalue weighted by Crippen LogP contribution is -1.88. The Kier molecular flexibility index (Phi) is 1.81. The van der Waals surface area contributed by atoms with Gasteiger partial charge in [0.25, 0.3) is 0 Å². The van der Waals surface area contributed by atoms with E-state index in [1.54, 1.807) is 6.20 Å². The van der Waals surface area contributed by atoms with E-state index in [-0.39, 0.29) is 0 Å². The van der Waals surface area contributed by atoms with E-state index in [0.29, 0.717) is 0 Å². The second-order valence-electron chi connectivity index (χ2n) is 1.94. The van der Waals surface area contributed by atoms with Gasteiger partial charge in [-0.05, 0) is 40.9 Å². The SMILES string of the molecule is Cc1cnnc(Br)c1C. The molecule has 0 saturated carbocycles. The highest BCUT2D eigenvalue weighted by Crippen LogP contribution is 2.13. The highest BCUT2D eigenvalue weighted by atomic mass is 79.9. The number of halogens is 1. The number of rotatable bonds is 0. The largest absolute Gasteiger partial charge is 0.158 e. The molecule has 3 heteroatoms. The summed E-state index contributed by atoms with van der Waals surface area (Å²) < 4.78 is 0.836. The van der Waals surface area contributed by atoms with Crippen LogP contribution in [0.3, 0.4) is 0 Å². The van der Waals surface area contributed by atoms with Gasteiger partial charge >= 0.3 is 0 Å². The van der Waals surface area contributed by atoms with Crippen molar-refractivity contribution in [3.05, 3.63) is 21.9 Å². The molecule has 0 fully saturated rings. The monoisotopic (exact) mass is 186 g/mol. The smallest absolute Gasteiger partial charge is 0.131 e. The number of hydrogen-bond acceptors (Lipinski definition) is 2. The van der Waals surface area contributed by atoms with Gasteiger partial charge in [-0.1, -0.05) is 0 Å². The van der Waals surface area contributed by atoms with Gasteiger partial charge in [-0.2, -0.15) is 5.10 Å². The first-order chi connectivity index (χ1) is 4.22. The third-order valence-electron chi connectivity index (χ3n) is 1.30. The number of aromatic nitrogens is 2. The molecule has 0 N–H and O–H groups in total. The van der Waals surface area contributed by atoms with Gasteiger partial charge in [0.15, 0.2) is 0 Å². The lowest BCUT2D eigenvalue weighted by Gasteiger charge is -1.96. The van der Waals surface area contributed by atoms with Crippen LogP contribution in [0.25, 0.3) is 0 Å². The summed E-state index contributed by atoms with van der Waals surface area (Å²) in [4.78, 5) is 0. The molecule has 0 atom stereocenters. The predicted octanol–water partition coefficient (Wildman–Crippen LogP) is 1.86. The van der Waals surface area contributed by atoms with Gasteiger partial charge in [0.2, 0.25) is 0 Å². The fourth-order valence-corrected chi connectivity index (χ4v) is 0.905. The average Bonchev–Trinajstić information content (AvgIpc) is 1.83. The van der Waals surface area contributed by atoms with Crippen LogP contribution in [0.5, 0.6) is 0 Å². The molecule has 0 aromatic carbocycles. The van der Waals surface area contributed by atoms with Crippen molar-refractivity contribution in [3.8, 4) is 0 Å². The van der Waals surface area contributed by atoms with Crippen LogP contribution in [0.4, 0.5) is 0 Å². The van der Waals surface area contributed by atoms with E-state index < -0.39 is 0 Å². The molecule has 48 valence electrons. The van der Waals surface area contributed by atoms with E-state index in [4.69, 9.17) is 0 Å². The van der Waals surface area contributed by atoms with Crippen molar-refractivity contribution in [3.63, 3.8) is 0 Å². The minimum atomic E-state index is 0.836. The molecule has 2 nitrogen and oxygen atoms in total. The maximum atomic E-state index is 3.81. The summed E-state index contributed by atoms with van der Waals surface area (Å²) in [5.74, 6) is 0. The third-order valence-corrected chi connectivity index (χ3v) is 2.05. The Labute approximate surface area is 62.4 Å². The van der Waals surface area contributed by atoms with Crippen LogP contribution < -0.4 is 0 Å². The highest BCUT2D eigenvalue weighted by molar-refractivity contribution is 9.10. The van der Waals surface area contributed by atoms with Crippen molar-refractivity contribution in [2.24, 2.45) is 0 Å². The van der Waals surface area contributed by atoms with Crippen molar-refractivity contribution in [1.29, 1.82) is 0 Å². The van der Waals surface area contributed by atoms with Gasteiger partial charge in [0, 0.05) is 0 Å². The fraction of sp³-hybridized carbons (Fsp3) is 0.333. The van der Waals surface area contributed by atoms with Crippen molar-refractivity contribution >= 4 is 15.9 Å². The maximum absolute atomic E-state index is 3.81. The van der Waals surface area contributed by atoms with Crippen LogP contribution in [-0.2, 0) is 0 Å². The Morgan fingerprint density at radius 2 is 2.11 bits per heavy atom. The first-order valence-corrected chi connectivity index (χ1v) is 3.45. The summed E-state index contributed by atoms with van der Waals surface area (Å²) in [5.41, 5.74) is 2.32. The number of nitrogens with zero attached hydrogens (tertiary/aromatic N) is 2. The molecule has 0 aliphatic heterocycles. The zero-order chi connectivity index (χ0) is 6.85. The summed E-state index contributed by atoms with van der Waals surface area (Å²) in [5, 5.41) is 7.55. The van der Waals surface area contributed by atoms with Crippen LogP contribution >= 0.6 is 15.9 Å². The maximum Gasteiger partial charge on any atom is 0.131 e. The van der Waals surface area contributed by atoms with Crippen molar-refractivity contribution in [2.75, 3.05) is 0 Å². The predicted molar refractivity (Wildman–Crippen MR) is 39.2 cm³/mol. The van der Waals surface area contributed by atoms with E-state index in [1.165, 1.54) is 0 Å². The molecule has 9 heavy (non-hydrogen) atoms. The molecule has 0 aliphatic carbocycles. The van der Waals surface area contributed by atoms with Crippen LogP contribution in [0, 0.1) is 13.8 Å². The topological polar surface area (TPSA) is 25.8 Å². The Morgan fingerprint density at radius 3 is 2.56 bits per heavy atom. The van der Waals surface area contributed by atoms with Gasteiger partial charge < -0.3 is 0 Å². The van der Waals surface area contributed by atoms with Crippen LogP contribution in [-0.4, -0.2) is 10.2 Å². The van der Waals surface area contributed by atoms with Gasteiger partial charge in [0.05, 0.1) is 6.20 Å². The van der Waals surface area contributed by atoms with E-state index in [1.807, 2.05) is 13.8 Å². The van der Waals surface area contributed by atoms with E-state index >= 15 is 0 Å². The zero-order valence-electron chi connectivity index (χ0n) is 5.35. The molecule has 0 saturated heterocycles. The zero-order valence-corrected chi connectivity index (χ0v) is 6.94. The van der Waals surface area contributed by atoms with Crippen molar-refractivity contribution in [1.82, 2.24) is 10.2 Å². The highest BCUT2D eigenvalue weighted by Gasteiger charge is 1.96.